The number of carbonyl (C=O) groups excluding carboxylic acids is 1. The van der Waals surface area contributed by atoms with Crippen molar-refractivity contribution in [1.82, 2.24) is 5.32 Å². The normalized spacial score (nSPS) is 13.3. The summed E-state index contributed by atoms with van der Waals surface area (Å²) in [5, 5.41) is 22.0. The van der Waals surface area contributed by atoms with Crippen molar-refractivity contribution in [2.45, 2.75) is 26.3 Å². The monoisotopic (exact) mass is 314 g/mol. The smallest absolute Gasteiger partial charge is 0.326 e. The molecule has 0 saturated carbocycles. The van der Waals surface area contributed by atoms with Crippen LogP contribution in [0, 0.1) is 16.0 Å². The van der Waals surface area contributed by atoms with E-state index in [4.69, 9.17) is 16.7 Å². The zero-order chi connectivity index (χ0) is 16.2. The lowest BCUT2D eigenvalue weighted by atomic mass is 9.99. The summed E-state index contributed by atoms with van der Waals surface area (Å²) in [6.07, 6.45) is 0.582. The molecule has 0 saturated heterocycles. The number of nitrogens with one attached hydrogen (secondary N) is 1. The van der Waals surface area contributed by atoms with Gasteiger partial charge in [0.15, 0.2) is 0 Å². The van der Waals surface area contributed by atoms with E-state index in [9.17, 15) is 19.7 Å². The lowest BCUT2D eigenvalue weighted by Crippen LogP contribution is -2.45. The van der Waals surface area contributed by atoms with Gasteiger partial charge in [-0.25, -0.2) is 4.79 Å². The number of nitro groups is 1. The van der Waals surface area contributed by atoms with Crippen molar-refractivity contribution < 1.29 is 19.6 Å². The lowest BCUT2D eigenvalue weighted by molar-refractivity contribution is -0.384. The maximum absolute atomic E-state index is 12.0. The van der Waals surface area contributed by atoms with Crippen molar-refractivity contribution in [1.29, 1.82) is 0 Å². The molecule has 1 rings (SSSR count). The second-order valence-electron chi connectivity index (χ2n) is 4.60. The first-order valence-electron chi connectivity index (χ1n) is 6.25. The molecule has 2 atom stereocenters. The van der Waals surface area contributed by atoms with Crippen molar-refractivity contribution in [3.8, 4) is 0 Å². The van der Waals surface area contributed by atoms with Crippen LogP contribution in [0.4, 0.5) is 5.69 Å². The van der Waals surface area contributed by atoms with E-state index in [-0.39, 0.29) is 22.2 Å². The van der Waals surface area contributed by atoms with Gasteiger partial charge in [-0.05, 0) is 18.1 Å². The number of amides is 1. The van der Waals surface area contributed by atoms with E-state index in [2.05, 4.69) is 5.32 Å². The molecule has 1 aromatic carbocycles. The second-order valence-corrected chi connectivity index (χ2v) is 5.01. The van der Waals surface area contributed by atoms with Crippen LogP contribution in [-0.2, 0) is 4.79 Å². The van der Waals surface area contributed by atoms with Gasteiger partial charge in [0.2, 0.25) is 0 Å². The summed E-state index contributed by atoms with van der Waals surface area (Å²) in [7, 11) is 0. The van der Waals surface area contributed by atoms with Gasteiger partial charge in [0, 0.05) is 11.6 Å². The van der Waals surface area contributed by atoms with E-state index < -0.39 is 22.8 Å². The van der Waals surface area contributed by atoms with E-state index in [0.29, 0.717) is 6.42 Å². The summed E-state index contributed by atoms with van der Waals surface area (Å²) in [4.78, 5) is 33.1. The van der Waals surface area contributed by atoms with Crippen LogP contribution in [0.3, 0.4) is 0 Å². The minimum absolute atomic E-state index is 0.0696. The Morgan fingerprint density at radius 1 is 1.48 bits per heavy atom. The Labute approximate surface area is 126 Å². The molecule has 0 aliphatic carbocycles. The van der Waals surface area contributed by atoms with Crippen LogP contribution < -0.4 is 5.32 Å². The second kappa shape index (κ2) is 7.03. The quantitative estimate of drug-likeness (QED) is 0.619. The molecule has 1 aromatic rings. The molecule has 0 aromatic heterocycles. The molecular formula is C13H15ClN2O5. The maximum atomic E-state index is 12.0. The van der Waals surface area contributed by atoms with E-state index in [1.165, 1.54) is 6.07 Å². The van der Waals surface area contributed by atoms with Crippen LogP contribution in [-0.4, -0.2) is 27.9 Å². The molecule has 0 fully saturated rings. The Bertz CT molecular complexity index is 576. The van der Waals surface area contributed by atoms with Gasteiger partial charge >= 0.3 is 5.97 Å². The number of nitro benzene ring substituents is 1. The summed E-state index contributed by atoms with van der Waals surface area (Å²) in [5.41, 5.74) is -0.245. The summed E-state index contributed by atoms with van der Waals surface area (Å²) >= 11 is 5.72. The van der Waals surface area contributed by atoms with Gasteiger partial charge in [0.25, 0.3) is 11.6 Å². The van der Waals surface area contributed by atoms with Crippen LogP contribution in [0.1, 0.15) is 30.6 Å². The van der Waals surface area contributed by atoms with Gasteiger partial charge in [-0.2, -0.15) is 0 Å². The summed E-state index contributed by atoms with van der Waals surface area (Å²) in [6, 6.07) is 2.45. The fourth-order valence-corrected chi connectivity index (χ4v) is 1.95. The molecule has 0 unspecified atom stereocenters. The van der Waals surface area contributed by atoms with Crippen LogP contribution in [0.15, 0.2) is 18.2 Å². The molecule has 2 N–H and O–H groups in total. The van der Waals surface area contributed by atoms with Crippen molar-refractivity contribution in [3.05, 3.63) is 38.9 Å². The van der Waals surface area contributed by atoms with Crippen LogP contribution in [0.25, 0.3) is 0 Å². The highest BCUT2D eigenvalue weighted by atomic mass is 35.5. The minimum Gasteiger partial charge on any atom is -0.480 e. The average Bonchev–Trinajstić information content (AvgIpc) is 2.42. The topological polar surface area (TPSA) is 110 Å². The van der Waals surface area contributed by atoms with Gasteiger partial charge in [-0.1, -0.05) is 31.9 Å². The van der Waals surface area contributed by atoms with Gasteiger partial charge in [-0.15, -0.1) is 0 Å². The van der Waals surface area contributed by atoms with E-state index in [0.717, 1.165) is 12.1 Å². The maximum Gasteiger partial charge on any atom is 0.326 e. The average molecular weight is 315 g/mol. The third-order valence-electron chi connectivity index (χ3n) is 3.17. The third kappa shape index (κ3) is 4.16. The molecule has 1 amide bonds. The number of carboxylic acid groups (broad SMARTS) is 1. The van der Waals surface area contributed by atoms with E-state index >= 15 is 0 Å². The Balaban J connectivity index is 2.96. The van der Waals surface area contributed by atoms with Crippen molar-refractivity contribution >= 4 is 29.2 Å². The molecule has 0 heterocycles. The Morgan fingerprint density at radius 3 is 2.52 bits per heavy atom. The number of carboxylic acids is 1. The largest absolute Gasteiger partial charge is 0.480 e. The first kappa shape index (κ1) is 16.9. The third-order valence-corrected chi connectivity index (χ3v) is 3.47. The predicted octanol–water partition coefficient (Wildman–Crippen LogP) is 2.48. The number of benzene rings is 1. The Kier molecular flexibility index (Phi) is 5.66. The molecule has 114 valence electrons. The van der Waals surface area contributed by atoms with Gasteiger partial charge in [-0.3, -0.25) is 14.9 Å². The predicted molar refractivity (Wildman–Crippen MR) is 76.5 cm³/mol. The van der Waals surface area contributed by atoms with E-state index in [1.807, 2.05) is 6.92 Å². The van der Waals surface area contributed by atoms with Gasteiger partial charge in [0.05, 0.1) is 4.92 Å². The van der Waals surface area contributed by atoms with Gasteiger partial charge in [0.1, 0.15) is 11.1 Å². The van der Waals surface area contributed by atoms with Gasteiger partial charge < -0.3 is 10.4 Å². The van der Waals surface area contributed by atoms with Crippen LogP contribution in [0.5, 0.6) is 0 Å². The Morgan fingerprint density at radius 2 is 2.10 bits per heavy atom. The molecule has 21 heavy (non-hydrogen) atoms. The zero-order valence-corrected chi connectivity index (χ0v) is 12.3. The number of hydrogen-bond donors (Lipinski definition) is 2. The highest BCUT2D eigenvalue weighted by Crippen LogP contribution is 2.25. The molecule has 0 radical (unpaired) electrons. The standard InChI is InChI=1S/C13H15ClN2O5/c1-3-7(2)11(13(18)19)15-12(17)8-4-5-10(16(20)21)9(14)6-8/h4-7,11H,3H2,1-2H3,(H,15,17)(H,18,19)/t7-,11-/m0/s1. The highest BCUT2D eigenvalue weighted by molar-refractivity contribution is 6.33. The summed E-state index contributed by atoms with van der Waals surface area (Å²) < 4.78 is 0. The number of halogens is 1. The molecule has 0 aliphatic heterocycles. The number of carbonyl (C=O) groups is 2. The fraction of sp³-hybridized carbons (Fsp3) is 0.385. The zero-order valence-electron chi connectivity index (χ0n) is 11.5. The molecule has 0 aliphatic rings. The summed E-state index contributed by atoms with van der Waals surface area (Å²) in [5.74, 6) is -2.02. The molecular weight excluding hydrogens is 300 g/mol. The first-order valence-corrected chi connectivity index (χ1v) is 6.63. The lowest BCUT2D eigenvalue weighted by Gasteiger charge is -2.20. The highest BCUT2D eigenvalue weighted by Gasteiger charge is 2.26. The molecule has 8 heteroatoms. The fourth-order valence-electron chi connectivity index (χ4n) is 1.70. The number of rotatable bonds is 6. The van der Waals surface area contributed by atoms with Crippen LogP contribution in [0.2, 0.25) is 5.02 Å². The van der Waals surface area contributed by atoms with E-state index in [1.54, 1.807) is 6.92 Å². The Hall–Kier alpha value is -2.15. The number of nitrogens with zero attached hydrogens (tertiary/aromatic N) is 1. The van der Waals surface area contributed by atoms with Crippen molar-refractivity contribution in [2.24, 2.45) is 5.92 Å². The van der Waals surface area contributed by atoms with Crippen molar-refractivity contribution in [3.63, 3.8) is 0 Å². The summed E-state index contributed by atoms with van der Waals surface area (Å²) in [6.45, 7) is 3.53. The first-order chi connectivity index (χ1) is 9.77. The molecule has 0 bridgehead atoms. The SMILES string of the molecule is CC[C@H](C)[C@H](NC(=O)c1ccc([N+](=O)[O-])c(Cl)c1)C(=O)O. The molecule has 7 nitrogen and oxygen atoms in total. The number of hydrogen-bond acceptors (Lipinski definition) is 4. The van der Waals surface area contributed by atoms with Crippen LogP contribution >= 0.6 is 11.6 Å². The molecule has 0 spiro atoms. The number of aliphatic carboxylic acids is 1. The minimum atomic E-state index is -1.13. The van der Waals surface area contributed by atoms with Crippen molar-refractivity contribution in [2.75, 3.05) is 0 Å².